The standard InChI is InChI=1S/C15H25ClN2O2S/c1-4-6-8-12(7-5-2)18-21(19,20)15-10-14(17)11(3)9-13(15)16/h9-10,12,18H,4-8,17H2,1-3H3. The third kappa shape index (κ3) is 5.16. The van der Waals surface area contributed by atoms with E-state index in [-0.39, 0.29) is 16.0 Å². The second-order valence-corrected chi connectivity index (χ2v) is 7.48. The first-order chi connectivity index (χ1) is 9.81. The molecular formula is C15H25ClN2O2S. The number of benzene rings is 1. The molecule has 120 valence electrons. The maximum atomic E-state index is 12.5. The van der Waals surface area contributed by atoms with E-state index in [0.29, 0.717) is 5.69 Å². The van der Waals surface area contributed by atoms with Crippen LogP contribution in [0.25, 0.3) is 0 Å². The molecule has 0 radical (unpaired) electrons. The Morgan fingerprint density at radius 2 is 1.90 bits per heavy atom. The van der Waals surface area contributed by atoms with Crippen molar-refractivity contribution in [3.63, 3.8) is 0 Å². The Labute approximate surface area is 133 Å². The Morgan fingerprint density at radius 3 is 2.48 bits per heavy atom. The predicted molar refractivity (Wildman–Crippen MR) is 89.1 cm³/mol. The Kier molecular flexibility index (Phi) is 6.97. The van der Waals surface area contributed by atoms with Crippen molar-refractivity contribution in [2.24, 2.45) is 0 Å². The summed E-state index contributed by atoms with van der Waals surface area (Å²) in [5, 5.41) is 0.208. The second kappa shape index (κ2) is 8.01. The molecule has 0 heterocycles. The number of nitrogen functional groups attached to an aromatic ring is 1. The van der Waals surface area contributed by atoms with Crippen molar-refractivity contribution in [2.45, 2.75) is 63.8 Å². The van der Waals surface area contributed by atoms with Crippen LogP contribution in [0.2, 0.25) is 5.02 Å². The van der Waals surface area contributed by atoms with Gasteiger partial charge in [0.2, 0.25) is 10.0 Å². The van der Waals surface area contributed by atoms with Crippen LogP contribution >= 0.6 is 11.6 Å². The van der Waals surface area contributed by atoms with Crippen molar-refractivity contribution >= 4 is 27.3 Å². The number of hydrogen-bond donors (Lipinski definition) is 2. The molecule has 0 saturated carbocycles. The molecule has 1 unspecified atom stereocenters. The van der Waals surface area contributed by atoms with Gasteiger partial charge < -0.3 is 5.73 Å². The van der Waals surface area contributed by atoms with Gasteiger partial charge in [-0.1, -0.05) is 44.7 Å². The summed E-state index contributed by atoms with van der Waals surface area (Å²) in [5.41, 5.74) is 7.01. The Morgan fingerprint density at radius 1 is 1.24 bits per heavy atom. The SMILES string of the molecule is CCCCC(CCC)NS(=O)(=O)c1cc(N)c(C)cc1Cl. The average molecular weight is 333 g/mol. The van der Waals surface area contributed by atoms with Gasteiger partial charge in [-0.3, -0.25) is 0 Å². The van der Waals surface area contributed by atoms with Gasteiger partial charge in [0.25, 0.3) is 0 Å². The van der Waals surface area contributed by atoms with Crippen molar-refractivity contribution in [2.75, 3.05) is 5.73 Å². The molecule has 1 aromatic carbocycles. The molecule has 1 rings (SSSR count). The third-order valence-electron chi connectivity index (χ3n) is 3.48. The van der Waals surface area contributed by atoms with Crippen LogP contribution in [0.4, 0.5) is 5.69 Å². The monoisotopic (exact) mass is 332 g/mol. The molecule has 0 aromatic heterocycles. The predicted octanol–water partition coefficient (Wildman–Crippen LogP) is 3.87. The van der Waals surface area contributed by atoms with Gasteiger partial charge in [-0.25, -0.2) is 13.1 Å². The Balaban J connectivity index is 3.01. The van der Waals surface area contributed by atoms with E-state index in [0.717, 1.165) is 37.7 Å². The van der Waals surface area contributed by atoms with Crippen LogP contribution in [-0.4, -0.2) is 14.5 Å². The largest absolute Gasteiger partial charge is 0.398 e. The van der Waals surface area contributed by atoms with Crippen LogP contribution < -0.4 is 10.5 Å². The number of halogens is 1. The van der Waals surface area contributed by atoms with Gasteiger partial charge in [-0.2, -0.15) is 0 Å². The molecule has 0 amide bonds. The molecule has 0 saturated heterocycles. The topological polar surface area (TPSA) is 72.2 Å². The molecular weight excluding hydrogens is 308 g/mol. The highest BCUT2D eigenvalue weighted by Gasteiger charge is 2.22. The van der Waals surface area contributed by atoms with Gasteiger partial charge in [0, 0.05) is 11.7 Å². The molecule has 0 spiro atoms. The summed E-state index contributed by atoms with van der Waals surface area (Å²) >= 11 is 6.08. The zero-order valence-corrected chi connectivity index (χ0v) is 14.5. The fraction of sp³-hybridized carbons (Fsp3) is 0.600. The van der Waals surface area contributed by atoms with Crippen LogP contribution in [0.5, 0.6) is 0 Å². The molecule has 6 heteroatoms. The van der Waals surface area contributed by atoms with Crippen LogP contribution in [0.15, 0.2) is 17.0 Å². The van der Waals surface area contributed by atoms with Gasteiger partial charge in [0.15, 0.2) is 0 Å². The molecule has 0 fully saturated rings. The van der Waals surface area contributed by atoms with E-state index in [1.54, 1.807) is 13.0 Å². The van der Waals surface area contributed by atoms with E-state index >= 15 is 0 Å². The van der Waals surface area contributed by atoms with E-state index < -0.39 is 10.0 Å². The van der Waals surface area contributed by atoms with E-state index in [2.05, 4.69) is 11.6 Å². The number of rotatable bonds is 8. The van der Waals surface area contributed by atoms with Crippen LogP contribution in [0, 0.1) is 6.92 Å². The maximum absolute atomic E-state index is 12.5. The highest BCUT2D eigenvalue weighted by atomic mass is 35.5. The normalized spacial score (nSPS) is 13.3. The minimum Gasteiger partial charge on any atom is -0.398 e. The fourth-order valence-electron chi connectivity index (χ4n) is 2.22. The zero-order chi connectivity index (χ0) is 16.0. The Bertz CT molecular complexity index is 573. The number of sulfonamides is 1. The van der Waals surface area contributed by atoms with E-state index in [1.807, 2.05) is 6.92 Å². The average Bonchev–Trinajstić information content (AvgIpc) is 2.40. The summed E-state index contributed by atoms with van der Waals surface area (Å²) in [6.07, 6.45) is 4.62. The molecule has 0 aliphatic carbocycles. The first-order valence-electron chi connectivity index (χ1n) is 7.39. The van der Waals surface area contributed by atoms with Gasteiger partial charge in [-0.15, -0.1) is 0 Å². The summed E-state index contributed by atoms with van der Waals surface area (Å²) in [7, 11) is -3.64. The molecule has 0 aliphatic heterocycles. The van der Waals surface area contributed by atoms with Crippen LogP contribution in [0.1, 0.15) is 51.5 Å². The minimum atomic E-state index is -3.64. The first-order valence-corrected chi connectivity index (χ1v) is 9.25. The lowest BCUT2D eigenvalue weighted by Crippen LogP contribution is -2.35. The van der Waals surface area contributed by atoms with E-state index in [4.69, 9.17) is 17.3 Å². The van der Waals surface area contributed by atoms with E-state index in [9.17, 15) is 8.42 Å². The van der Waals surface area contributed by atoms with Gasteiger partial charge in [-0.05, 0) is 37.5 Å². The maximum Gasteiger partial charge on any atom is 0.242 e. The molecule has 4 nitrogen and oxygen atoms in total. The van der Waals surface area contributed by atoms with Gasteiger partial charge >= 0.3 is 0 Å². The summed E-state index contributed by atoms with van der Waals surface area (Å²) in [5.74, 6) is 0. The van der Waals surface area contributed by atoms with Crippen molar-refractivity contribution in [3.8, 4) is 0 Å². The highest BCUT2D eigenvalue weighted by molar-refractivity contribution is 7.89. The fourth-order valence-corrected chi connectivity index (χ4v) is 4.14. The number of nitrogens with two attached hydrogens (primary N) is 1. The summed E-state index contributed by atoms with van der Waals surface area (Å²) < 4.78 is 27.8. The number of anilines is 1. The van der Waals surface area contributed by atoms with Crippen molar-refractivity contribution in [1.29, 1.82) is 0 Å². The highest BCUT2D eigenvalue weighted by Crippen LogP contribution is 2.27. The number of aryl methyl sites for hydroxylation is 1. The van der Waals surface area contributed by atoms with Crippen LogP contribution in [-0.2, 0) is 10.0 Å². The molecule has 3 N–H and O–H groups in total. The first kappa shape index (κ1) is 18.3. The number of nitrogens with one attached hydrogen (secondary N) is 1. The molecule has 1 aromatic rings. The smallest absolute Gasteiger partial charge is 0.242 e. The lowest BCUT2D eigenvalue weighted by Gasteiger charge is -2.19. The van der Waals surface area contributed by atoms with Gasteiger partial charge in [0.05, 0.1) is 5.02 Å². The number of unbranched alkanes of at least 4 members (excludes halogenated alkanes) is 1. The van der Waals surface area contributed by atoms with Crippen LogP contribution in [0.3, 0.4) is 0 Å². The number of hydrogen-bond acceptors (Lipinski definition) is 3. The molecule has 1 atom stereocenters. The summed E-state index contributed by atoms with van der Waals surface area (Å²) in [4.78, 5) is 0.0601. The second-order valence-electron chi connectivity index (χ2n) is 5.39. The summed E-state index contributed by atoms with van der Waals surface area (Å²) in [6.45, 7) is 5.94. The van der Waals surface area contributed by atoms with Crippen molar-refractivity contribution < 1.29 is 8.42 Å². The van der Waals surface area contributed by atoms with E-state index in [1.165, 1.54) is 6.07 Å². The van der Waals surface area contributed by atoms with Gasteiger partial charge in [0.1, 0.15) is 4.90 Å². The minimum absolute atomic E-state index is 0.0569. The summed E-state index contributed by atoms with van der Waals surface area (Å²) in [6, 6.07) is 2.97. The lowest BCUT2D eigenvalue weighted by molar-refractivity contribution is 0.483. The lowest BCUT2D eigenvalue weighted by atomic mass is 10.1. The van der Waals surface area contributed by atoms with Crippen molar-refractivity contribution in [3.05, 3.63) is 22.7 Å². The molecule has 21 heavy (non-hydrogen) atoms. The van der Waals surface area contributed by atoms with Crippen molar-refractivity contribution in [1.82, 2.24) is 4.72 Å². The third-order valence-corrected chi connectivity index (χ3v) is 5.46. The Hall–Kier alpha value is -0.780. The quantitative estimate of drug-likeness (QED) is 0.710. The zero-order valence-electron chi connectivity index (χ0n) is 12.9. The molecule has 0 bridgehead atoms. The molecule has 0 aliphatic rings.